The average molecular weight is 234 g/mol. The highest BCUT2D eigenvalue weighted by atomic mass is 32.2. The minimum absolute atomic E-state index is 0.102. The zero-order valence-corrected chi connectivity index (χ0v) is 10.7. The number of nitrogens with two attached hydrogens (primary N) is 1. The molecule has 0 aliphatic rings. The number of rotatable bonds is 7. The lowest BCUT2D eigenvalue weighted by atomic mass is 9.93. The van der Waals surface area contributed by atoms with Gasteiger partial charge in [0.15, 0.2) is 0 Å². The highest BCUT2D eigenvalue weighted by molar-refractivity contribution is 7.84. The molecule has 0 aromatic carbocycles. The van der Waals surface area contributed by atoms with Crippen LogP contribution < -0.4 is 11.1 Å². The van der Waals surface area contributed by atoms with Crippen molar-refractivity contribution in [3.05, 3.63) is 0 Å². The second-order valence-corrected chi connectivity index (χ2v) is 5.30. The van der Waals surface area contributed by atoms with Crippen LogP contribution in [-0.4, -0.2) is 34.2 Å². The predicted molar refractivity (Wildman–Crippen MR) is 64.1 cm³/mol. The summed E-state index contributed by atoms with van der Waals surface area (Å²) < 4.78 is 10.8. The molecule has 5 heteroatoms. The van der Waals surface area contributed by atoms with Crippen LogP contribution >= 0.6 is 0 Å². The summed E-state index contributed by atoms with van der Waals surface area (Å²) in [6.45, 7) is 4.37. The number of hydrogen-bond donors (Lipinski definition) is 2. The topological polar surface area (TPSA) is 72.2 Å². The molecule has 0 bridgehead atoms. The van der Waals surface area contributed by atoms with E-state index >= 15 is 0 Å². The largest absolute Gasteiger partial charge is 0.354 e. The van der Waals surface area contributed by atoms with Crippen LogP contribution in [0.3, 0.4) is 0 Å². The van der Waals surface area contributed by atoms with Crippen LogP contribution in [0.5, 0.6) is 0 Å². The van der Waals surface area contributed by atoms with Gasteiger partial charge in [-0.2, -0.15) is 0 Å². The first kappa shape index (κ1) is 14.6. The second-order valence-electron chi connectivity index (χ2n) is 3.75. The molecule has 3 N–H and O–H groups in total. The summed E-state index contributed by atoms with van der Waals surface area (Å²) in [5.41, 5.74) is 5.17. The van der Waals surface area contributed by atoms with Crippen molar-refractivity contribution in [2.45, 2.75) is 38.6 Å². The van der Waals surface area contributed by atoms with Crippen LogP contribution in [0.15, 0.2) is 0 Å². The molecule has 0 aliphatic carbocycles. The molecule has 0 saturated carbocycles. The lowest BCUT2D eigenvalue weighted by Crippen LogP contribution is -2.53. The van der Waals surface area contributed by atoms with Crippen LogP contribution in [0.2, 0.25) is 0 Å². The molecule has 0 aromatic rings. The fraction of sp³-hybridized carbons (Fsp3) is 0.900. The van der Waals surface area contributed by atoms with Gasteiger partial charge in [-0.25, -0.2) is 0 Å². The maximum absolute atomic E-state index is 11.7. The highest BCUT2D eigenvalue weighted by Crippen LogP contribution is 2.10. The zero-order chi connectivity index (χ0) is 11.9. The summed E-state index contributed by atoms with van der Waals surface area (Å²) >= 11 is 0. The Balaban J connectivity index is 3.87. The molecule has 0 aliphatic heterocycles. The van der Waals surface area contributed by atoms with E-state index in [0.717, 1.165) is 6.42 Å². The summed E-state index contributed by atoms with van der Waals surface area (Å²) in [4.78, 5) is 11.7. The van der Waals surface area contributed by atoms with E-state index in [0.29, 0.717) is 25.1 Å². The number of carbonyl (C=O) groups excluding carboxylic acids is 1. The number of nitrogens with one attached hydrogen (secondary N) is 1. The fourth-order valence-corrected chi connectivity index (χ4v) is 1.78. The van der Waals surface area contributed by atoms with E-state index in [-0.39, 0.29) is 5.91 Å². The van der Waals surface area contributed by atoms with Gasteiger partial charge >= 0.3 is 0 Å². The van der Waals surface area contributed by atoms with E-state index in [4.69, 9.17) is 5.73 Å². The third-order valence-corrected chi connectivity index (χ3v) is 3.47. The molecule has 0 radical (unpaired) electrons. The molecule has 0 spiro atoms. The number of hydrogen-bond acceptors (Lipinski definition) is 3. The van der Waals surface area contributed by atoms with Crippen molar-refractivity contribution in [3.8, 4) is 0 Å². The second kappa shape index (κ2) is 6.95. The molecule has 0 heterocycles. The molecule has 15 heavy (non-hydrogen) atoms. The van der Waals surface area contributed by atoms with Crippen LogP contribution in [0, 0.1) is 0 Å². The van der Waals surface area contributed by atoms with Crippen molar-refractivity contribution in [1.82, 2.24) is 5.32 Å². The molecule has 4 nitrogen and oxygen atoms in total. The van der Waals surface area contributed by atoms with Gasteiger partial charge in [0.2, 0.25) is 5.91 Å². The molecule has 0 rings (SSSR count). The quantitative estimate of drug-likeness (QED) is 0.626. The predicted octanol–water partition coefficient (Wildman–Crippen LogP) is 0.389. The van der Waals surface area contributed by atoms with E-state index in [2.05, 4.69) is 5.32 Å². The van der Waals surface area contributed by atoms with Gasteiger partial charge < -0.3 is 11.1 Å². The summed E-state index contributed by atoms with van der Waals surface area (Å²) in [5.74, 6) is 0.519. The molecule has 90 valence electrons. The standard InChI is InChI=1S/C10H22N2O2S/c1-4-10(11,5-2)9(13)12-7-6-8-15(3)14/h4-8,11H2,1-3H3,(H,12,13). The third kappa shape index (κ3) is 5.28. The van der Waals surface area contributed by atoms with E-state index in [1.807, 2.05) is 13.8 Å². The number of carbonyl (C=O) groups is 1. The van der Waals surface area contributed by atoms with Gasteiger partial charge in [0.1, 0.15) is 0 Å². The lowest BCUT2D eigenvalue weighted by molar-refractivity contribution is -0.126. The smallest absolute Gasteiger partial charge is 0.240 e. The molecule has 0 fully saturated rings. The van der Waals surface area contributed by atoms with Gasteiger partial charge in [-0.3, -0.25) is 9.00 Å². The van der Waals surface area contributed by atoms with E-state index in [9.17, 15) is 9.00 Å². The van der Waals surface area contributed by atoms with Gasteiger partial charge in [-0.15, -0.1) is 0 Å². The van der Waals surface area contributed by atoms with Crippen molar-refractivity contribution in [3.63, 3.8) is 0 Å². The Morgan fingerprint density at radius 3 is 2.33 bits per heavy atom. The van der Waals surface area contributed by atoms with Crippen LogP contribution in [-0.2, 0) is 15.6 Å². The highest BCUT2D eigenvalue weighted by Gasteiger charge is 2.29. The Morgan fingerprint density at radius 1 is 1.40 bits per heavy atom. The Kier molecular flexibility index (Phi) is 6.76. The summed E-state index contributed by atoms with van der Waals surface area (Å²) in [7, 11) is -0.788. The van der Waals surface area contributed by atoms with Crippen molar-refractivity contribution >= 4 is 16.7 Å². The van der Waals surface area contributed by atoms with E-state index in [1.54, 1.807) is 6.26 Å². The Hall–Kier alpha value is -0.420. The summed E-state index contributed by atoms with van der Waals surface area (Å²) in [5, 5.41) is 2.78. The first-order chi connectivity index (χ1) is 6.96. The Morgan fingerprint density at radius 2 is 1.93 bits per heavy atom. The molecule has 0 saturated heterocycles. The van der Waals surface area contributed by atoms with Crippen molar-refractivity contribution in [2.24, 2.45) is 5.73 Å². The summed E-state index contributed by atoms with van der Waals surface area (Å²) in [6.07, 6.45) is 3.66. The van der Waals surface area contributed by atoms with Gasteiger partial charge in [-0.05, 0) is 19.3 Å². The molecule has 1 atom stereocenters. The SMILES string of the molecule is CCC(N)(CC)C(=O)NCCCS(C)=O. The number of amides is 1. The van der Waals surface area contributed by atoms with Gasteiger partial charge in [0.25, 0.3) is 0 Å². The Bertz CT molecular complexity index is 227. The first-order valence-corrected chi connectivity index (χ1v) is 7.06. The zero-order valence-electron chi connectivity index (χ0n) is 9.84. The fourth-order valence-electron chi connectivity index (χ4n) is 1.22. The maximum Gasteiger partial charge on any atom is 0.240 e. The van der Waals surface area contributed by atoms with E-state index in [1.165, 1.54) is 0 Å². The monoisotopic (exact) mass is 234 g/mol. The van der Waals surface area contributed by atoms with Gasteiger partial charge in [0, 0.05) is 29.4 Å². The third-order valence-electron chi connectivity index (χ3n) is 2.61. The molecular formula is C10H22N2O2S. The van der Waals surface area contributed by atoms with E-state index < -0.39 is 16.3 Å². The molecule has 0 aromatic heterocycles. The Labute approximate surface area is 94.4 Å². The van der Waals surface area contributed by atoms with Crippen LogP contribution in [0.1, 0.15) is 33.1 Å². The molecule has 1 unspecified atom stereocenters. The van der Waals surface area contributed by atoms with Crippen LogP contribution in [0.25, 0.3) is 0 Å². The maximum atomic E-state index is 11.7. The minimum Gasteiger partial charge on any atom is -0.354 e. The summed E-state index contributed by atoms with van der Waals surface area (Å²) in [6, 6.07) is 0. The first-order valence-electron chi connectivity index (χ1n) is 5.33. The molecular weight excluding hydrogens is 212 g/mol. The minimum atomic E-state index is -0.788. The van der Waals surface area contributed by atoms with Crippen molar-refractivity contribution in [1.29, 1.82) is 0 Å². The van der Waals surface area contributed by atoms with Gasteiger partial charge in [-0.1, -0.05) is 13.8 Å². The van der Waals surface area contributed by atoms with Crippen molar-refractivity contribution in [2.75, 3.05) is 18.6 Å². The lowest BCUT2D eigenvalue weighted by Gasteiger charge is -2.25. The van der Waals surface area contributed by atoms with Crippen LogP contribution in [0.4, 0.5) is 0 Å². The average Bonchev–Trinajstić information content (AvgIpc) is 2.22. The normalized spacial score (nSPS) is 13.6. The molecule has 1 amide bonds. The van der Waals surface area contributed by atoms with Crippen molar-refractivity contribution < 1.29 is 9.00 Å². The van der Waals surface area contributed by atoms with Gasteiger partial charge in [0.05, 0.1) is 5.54 Å².